The van der Waals surface area contributed by atoms with Gasteiger partial charge in [0.2, 0.25) is 0 Å². The Bertz CT molecular complexity index is 639. The summed E-state index contributed by atoms with van der Waals surface area (Å²) in [5.74, 6) is -1.00. The molecule has 0 radical (unpaired) electrons. The molecule has 0 fully saturated rings. The number of hydrogen-bond donors (Lipinski definition) is 1. The summed E-state index contributed by atoms with van der Waals surface area (Å²) in [5.41, 5.74) is 2.03. The molecule has 1 amide bonds. The van der Waals surface area contributed by atoms with Crippen LogP contribution in [0, 0.1) is 0 Å². The van der Waals surface area contributed by atoms with Gasteiger partial charge in [-0.15, -0.1) is 0 Å². The van der Waals surface area contributed by atoms with Crippen molar-refractivity contribution in [1.29, 1.82) is 0 Å². The van der Waals surface area contributed by atoms with Crippen LogP contribution in [0.3, 0.4) is 0 Å². The number of hydrogen-bond acceptors (Lipinski definition) is 4. The van der Waals surface area contributed by atoms with E-state index in [-0.39, 0.29) is 11.6 Å². The highest BCUT2D eigenvalue weighted by Gasteiger charge is 2.19. The third kappa shape index (κ3) is 4.15. The first-order chi connectivity index (χ1) is 10.6. The Balaban J connectivity index is 1.92. The number of carbonyl (C=O) groups is 2. The summed E-state index contributed by atoms with van der Waals surface area (Å²) < 4.78 is 5.10. The maximum absolute atomic E-state index is 12.0. The van der Waals surface area contributed by atoms with Crippen molar-refractivity contribution in [2.75, 3.05) is 5.32 Å². The molecular formula is C17H18N2O3. The van der Waals surface area contributed by atoms with E-state index in [0.717, 1.165) is 6.42 Å². The number of anilines is 1. The molecule has 1 aromatic heterocycles. The summed E-state index contributed by atoms with van der Waals surface area (Å²) in [7, 11) is 0. The lowest BCUT2D eigenvalue weighted by atomic mass is 10.1. The van der Waals surface area contributed by atoms with E-state index < -0.39 is 12.1 Å². The van der Waals surface area contributed by atoms with Crippen LogP contribution in [0.4, 0.5) is 5.69 Å². The van der Waals surface area contributed by atoms with E-state index in [2.05, 4.69) is 17.2 Å². The molecule has 0 saturated heterocycles. The highest BCUT2D eigenvalue weighted by molar-refractivity contribution is 5.96. The van der Waals surface area contributed by atoms with Crippen molar-refractivity contribution >= 4 is 17.6 Å². The van der Waals surface area contributed by atoms with Gasteiger partial charge in [0.05, 0.1) is 0 Å². The van der Waals surface area contributed by atoms with Gasteiger partial charge in [-0.2, -0.15) is 0 Å². The van der Waals surface area contributed by atoms with Gasteiger partial charge in [0.25, 0.3) is 5.91 Å². The fraction of sp³-hybridized carbons (Fsp3) is 0.235. The molecule has 1 N–H and O–H groups in total. The number of nitrogens with one attached hydrogen (secondary N) is 1. The van der Waals surface area contributed by atoms with Crippen LogP contribution in [0.15, 0.2) is 48.7 Å². The average Bonchev–Trinajstić information content (AvgIpc) is 2.56. The molecule has 114 valence electrons. The van der Waals surface area contributed by atoms with Crippen molar-refractivity contribution in [3.8, 4) is 0 Å². The molecule has 2 aromatic rings. The van der Waals surface area contributed by atoms with Gasteiger partial charge in [-0.05, 0) is 43.2 Å². The standard InChI is InChI=1S/C17H18N2O3/c1-3-13-7-9-14(10-8-13)19-16(20)12(2)22-17(21)15-6-4-5-11-18-15/h4-12H,3H2,1-2H3,(H,19,20)/t12-/m1/s1. The van der Waals surface area contributed by atoms with Crippen molar-refractivity contribution in [2.45, 2.75) is 26.4 Å². The Labute approximate surface area is 129 Å². The highest BCUT2D eigenvalue weighted by atomic mass is 16.5. The Morgan fingerprint density at radius 2 is 1.91 bits per heavy atom. The Morgan fingerprint density at radius 3 is 2.50 bits per heavy atom. The number of benzene rings is 1. The molecule has 22 heavy (non-hydrogen) atoms. The number of carbonyl (C=O) groups excluding carboxylic acids is 2. The zero-order chi connectivity index (χ0) is 15.9. The second kappa shape index (κ2) is 7.36. The zero-order valence-electron chi connectivity index (χ0n) is 12.6. The molecule has 1 aromatic carbocycles. The molecule has 0 saturated carbocycles. The number of nitrogens with zero attached hydrogens (tertiary/aromatic N) is 1. The van der Waals surface area contributed by atoms with Gasteiger partial charge in [0, 0.05) is 11.9 Å². The third-order valence-electron chi connectivity index (χ3n) is 3.16. The van der Waals surface area contributed by atoms with Gasteiger partial charge in [0.15, 0.2) is 6.10 Å². The SMILES string of the molecule is CCc1ccc(NC(=O)[C@@H](C)OC(=O)c2ccccn2)cc1. The average molecular weight is 298 g/mol. The van der Waals surface area contributed by atoms with Crippen molar-refractivity contribution in [3.63, 3.8) is 0 Å². The summed E-state index contributed by atoms with van der Waals surface area (Å²) in [4.78, 5) is 27.7. The van der Waals surface area contributed by atoms with Crippen LogP contribution < -0.4 is 5.32 Å². The normalized spacial score (nSPS) is 11.5. The Kier molecular flexibility index (Phi) is 5.25. The fourth-order valence-corrected chi connectivity index (χ4v) is 1.83. The van der Waals surface area contributed by atoms with Crippen molar-refractivity contribution in [1.82, 2.24) is 4.98 Å². The largest absolute Gasteiger partial charge is 0.448 e. The second-order valence-electron chi connectivity index (χ2n) is 4.80. The smallest absolute Gasteiger partial charge is 0.357 e. The number of aryl methyl sites for hydroxylation is 1. The number of ether oxygens (including phenoxy) is 1. The predicted octanol–water partition coefficient (Wildman–Crippen LogP) is 2.83. The van der Waals surface area contributed by atoms with Crippen LogP contribution >= 0.6 is 0 Å². The van der Waals surface area contributed by atoms with Crippen molar-refractivity contribution in [2.24, 2.45) is 0 Å². The number of rotatable bonds is 5. The first-order valence-corrected chi connectivity index (χ1v) is 7.12. The fourth-order valence-electron chi connectivity index (χ4n) is 1.83. The molecule has 0 aliphatic carbocycles. The summed E-state index contributed by atoms with van der Waals surface area (Å²) in [6.45, 7) is 3.59. The van der Waals surface area contributed by atoms with E-state index in [9.17, 15) is 9.59 Å². The van der Waals surface area contributed by atoms with E-state index in [0.29, 0.717) is 5.69 Å². The minimum absolute atomic E-state index is 0.175. The van der Waals surface area contributed by atoms with Crippen LogP contribution in [0.25, 0.3) is 0 Å². The first kappa shape index (κ1) is 15.7. The summed E-state index contributed by atoms with van der Waals surface area (Å²) in [5, 5.41) is 2.71. The summed E-state index contributed by atoms with van der Waals surface area (Å²) in [6, 6.07) is 12.5. The molecule has 0 unspecified atom stereocenters. The molecule has 5 heteroatoms. The first-order valence-electron chi connectivity index (χ1n) is 7.12. The van der Waals surface area contributed by atoms with E-state index >= 15 is 0 Å². The number of amides is 1. The minimum Gasteiger partial charge on any atom is -0.448 e. The van der Waals surface area contributed by atoms with E-state index in [4.69, 9.17) is 4.74 Å². The van der Waals surface area contributed by atoms with Crippen LogP contribution in [0.5, 0.6) is 0 Å². The maximum Gasteiger partial charge on any atom is 0.357 e. The summed E-state index contributed by atoms with van der Waals surface area (Å²) in [6.07, 6.45) is 1.53. The van der Waals surface area contributed by atoms with Gasteiger partial charge in [0.1, 0.15) is 5.69 Å². The Morgan fingerprint density at radius 1 is 1.18 bits per heavy atom. The molecule has 0 aliphatic heterocycles. The molecule has 0 aliphatic rings. The molecule has 0 bridgehead atoms. The molecule has 0 spiro atoms. The van der Waals surface area contributed by atoms with Gasteiger partial charge >= 0.3 is 5.97 Å². The topological polar surface area (TPSA) is 68.3 Å². The molecule has 1 atom stereocenters. The van der Waals surface area contributed by atoms with Gasteiger partial charge in [-0.1, -0.05) is 25.1 Å². The lowest BCUT2D eigenvalue weighted by molar-refractivity contribution is -0.123. The van der Waals surface area contributed by atoms with Crippen LogP contribution in [-0.2, 0) is 16.0 Å². The lowest BCUT2D eigenvalue weighted by Crippen LogP contribution is -2.30. The van der Waals surface area contributed by atoms with Crippen molar-refractivity contribution in [3.05, 3.63) is 59.9 Å². The zero-order valence-corrected chi connectivity index (χ0v) is 12.6. The van der Waals surface area contributed by atoms with Crippen LogP contribution in [-0.4, -0.2) is 23.0 Å². The van der Waals surface area contributed by atoms with E-state index in [1.807, 2.05) is 24.3 Å². The predicted molar refractivity (Wildman–Crippen MR) is 83.6 cm³/mol. The van der Waals surface area contributed by atoms with Gasteiger partial charge in [-0.3, -0.25) is 4.79 Å². The van der Waals surface area contributed by atoms with E-state index in [1.54, 1.807) is 12.1 Å². The molecule has 1 heterocycles. The minimum atomic E-state index is -0.902. The van der Waals surface area contributed by atoms with Gasteiger partial charge < -0.3 is 10.1 Å². The number of esters is 1. The lowest BCUT2D eigenvalue weighted by Gasteiger charge is -2.13. The Hall–Kier alpha value is -2.69. The highest BCUT2D eigenvalue weighted by Crippen LogP contribution is 2.11. The molecule has 5 nitrogen and oxygen atoms in total. The van der Waals surface area contributed by atoms with Crippen LogP contribution in [0.1, 0.15) is 29.9 Å². The molecule has 2 rings (SSSR count). The number of aromatic nitrogens is 1. The van der Waals surface area contributed by atoms with Crippen LogP contribution in [0.2, 0.25) is 0 Å². The molecular weight excluding hydrogens is 280 g/mol. The third-order valence-corrected chi connectivity index (χ3v) is 3.16. The van der Waals surface area contributed by atoms with E-state index in [1.165, 1.54) is 24.8 Å². The quantitative estimate of drug-likeness (QED) is 0.862. The number of pyridine rings is 1. The van der Waals surface area contributed by atoms with Gasteiger partial charge in [-0.25, -0.2) is 9.78 Å². The summed E-state index contributed by atoms with van der Waals surface area (Å²) >= 11 is 0. The van der Waals surface area contributed by atoms with Crippen molar-refractivity contribution < 1.29 is 14.3 Å². The monoisotopic (exact) mass is 298 g/mol. The second-order valence-corrected chi connectivity index (χ2v) is 4.80. The maximum atomic E-state index is 12.0.